The van der Waals surface area contributed by atoms with E-state index in [1.807, 2.05) is 12.3 Å². The predicted octanol–water partition coefficient (Wildman–Crippen LogP) is 2.73. The summed E-state index contributed by atoms with van der Waals surface area (Å²) in [6, 6.07) is 4.08. The Balaban J connectivity index is 1.85. The van der Waals surface area contributed by atoms with Crippen molar-refractivity contribution in [3.8, 4) is 0 Å². The zero-order valence-corrected chi connectivity index (χ0v) is 12.6. The van der Waals surface area contributed by atoms with Crippen LogP contribution in [0.15, 0.2) is 18.3 Å². The largest absolute Gasteiger partial charge is 0.357 e. The van der Waals surface area contributed by atoms with Crippen LogP contribution in [0.5, 0.6) is 0 Å². The molecule has 1 saturated carbocycles. The third-order valence-electron chi connectivity index (χ3n) is 4.09. The molecule has 110 valence electrons. The van der Waals surface area contributed by atoms with Gasteiger partial charge in [-0.3, -0.25) is 4.79 Å². The summed E-state index contributed by atoms with van der Waals surface area (Å²) in [4.78, 5) is 18.6. The fraction of sp³-hybridized carbons (Fsp3) is 0.625. The monoisotopic (exact) mass is 275 g/mol. The van der Waals surface area contributed by atoms with Crippen molar-refractivity contribution >= 4 is 11.7 Å². The van der Waals surface area contributed by atoms with Crippen molar-refractivity contribution < 1.29 is 4.79 Å². The SMILES string of the molecule is CCN(CC)c1ccc(CNC(=O)C2CCCC2)cn1. The summed E-state index contributed by atoms with van der Waals surface area (Å²) in [7, 11) is 0. The fourth-order valence-electron chi connectivity index (χ4n) is 2.78. The molecular weight excluding hydrogens is 250 g/mol. The number of rotatable bonds is 6. The first-order valence-corrected chi connectivity index (χ1v) is 7.72. The number of amides is 1. The molecule has 0 unspecified atom stereocenters. The van der Waals surface area contributed by atoms with E-state index in [2.05, 4.69) is 35.1 Å². The third-order valence-corrected chi connectivity index (χ3v) is 4.09. The summed E-state index contributed by atoms with van der Waals surface area (Å²) in [5, 5.41) is 3.03. The van der Waals surface area contributed by atoms with Gasteiger partial charge in [0.2, 0.25) is 5.91 Å². The number of pyridine rings is 1. The number of anilines is 1. The maximum absolute atomic E-state index is 11.9. The second kappa shape index (κ2) is 7.27. The van der Waals surface area contributed by atoms with Gasteiger partial charge in [-0.2, -0.15) is 0 Å². The van der Waals surface area contributed by atoms with E-state index in [1.54, 1.807) is 0 Å². The highest BCUT2D eigenvalue weighted by atomic mass is 16.1. The quantitative estimate of drug-likeness (QED) is 0.868. The lowest BCUT2D eigenvalue weighted by Gasteiger charge is -2.19. The van der Waals surface area contributed by atoms with Crippen molar-refractivity contribution in [2.24, 2.45) is 5.92 Å². The zero-order chi connectivity index (χ0) is 14.4. The number of carbonyl (C=O) groups is 1. The molecule has 0 spiro atoms. The van der Waals surface area contributed by atoms with E-state index in [-0.39, 0.29) is 11.8 Å². The number of nitrogens with zero attached hydrogens (tertiary/aromatic N) is 2. The van der Waals surface area contributed by atoms with Gasteiger partial charge in [-0.25, -0.2) is 4.98 Å². The van der Waals surface area contributed by atoms with Gasteiger partial charge in [0.25, 0.3) is 0 Å². The molecular formula is C16H25N3O. The molecule has 1 aliphatic carbocycles. The maximum Gasteiger partial charge on any atom is 0.223 e. The summed E-state index contributed by atoms with van der Waals surface area (Å²) >= 11 is 0. The lowest BCUT2D eigenvalue weighted by molar-refractivity contribution is -0.124. The van der Waals surface area contributed by atoms with E-state index in [4.69, 9.17) is 0 Å². The van der Waals surface area contributed by atoms with Crippen LogP contribution >= 0.6 is 0 Å². The van der Waals surface area contributed by atoms with Gasteiger partial charge < -0.3 is 10.2 Å². The number of hydrogen-bond acceptors (Lipinski definition) is 3. The smallest absolute Gasteiger partial charge is 0.223 e. The Morgan fingerprint density at radius 1 is 1.30 bits per heavy atom. The highest BCUT2D eigenvalue weighted by Gasteiger charge is 2.22. The van der Waals surface area contributed by atoms with E-state index in [1.165, 1.54) is 12.8 Å². The van der Waals surface area contributed by atoms with Gasteiger partial charge >= 0.3 is 0 Å². The van der Waals surface area contributed by atoms with Crippen molar-refractivity contribution in [2.75, 3.05) is 18.0 Å². The average Bonchev–Trinajstić information content (AvgIpc) is 3.01. The molecule has 0 radical (unpaired) electrons. The number of carbonyl (C=O) groups excluding carboxylic acids is 1. The molecule has 1 N–H and O–H groups in total. The highest BCUT2D eigenvalue weighted by Crippen LogP contribution is 2.24. The lowest BCUT2D eigenvalue weighted by Crippen LogP contribution is -2.29. The Bertz CT molecular complexity index is 420. The van der Waals surface area contributed by atoms with Gasteiger partial charge in [-0.1, -0.05) is 18.9 Å². The lowest BCUT2D eigenvalue weighted by atomic mass is 10.1. The van der Waals surface area contributed by atoms with Crippen LogP contribution in [0.3, 0.4) is 0 Å². The molecule has 1 aromatic heterocycles. The van der Waals surface area contributed by atoms with Crippen molar-refractivity contribution in [3.05, 3.63) is 23.9 Å². The molecule has 4 heteroatoms. The Labute approximate surface area is 121 Å². The van der Waals surface area contributed by atoms with Crippen LogP contribution in [0.25, 0.3) is 0 Å². The molecule has 0 saturated heterocycles. The molecule has 1 fully saturated rings. The van der Waals surface area contributed by atoms with E-state index in [0.29, 0.717) is 6.54 Å². The second-order valence-electron chi connectivity index (χ2n) is 5.40. The van der Waals surface area contributed by atoms with Crippen LogP contribution < -0.4 is 10.2 Å². The maximum atomic E-state index is 11.9. The fourth-order valence-corrected chi connectivity index (χ4v) is 2.78. The zero-order valence-electron chi connectivity index (χ0n) is 12.6. The number of hydrogen-bond donors (Lipinski definition) is 1. The minimum absolute atomic E-state index is 0.204. The van der Waals surface area contributed by atoms with Crippen LogP contribution in [-0.2, 0) is 11.3 Å². The second-order valence-corrected chi connectivity index (χ2v) is 5.40. The predicted molar refractivity (Wildman–Crippen MR) is 81.6 cm³/mol. The van der Waals surface area contributed by atoms with Crippen LogP contribution in [0.1, 0.15) is 45.1 Å². The topological polar surface area (TPSA) is 45.2 Å². The molecule has 1 heterocycles. The third kappa shape index (κ3) is 3.71. The van der Waals surface area contributed by atoms with Crippen molar-refractivity contribution in [2.45, 2.75) is 46.1 Å². The summed E-state index contributed by atoms with van der Waals surface area (Å²) in [6.45, 7) is 6.76. The minimum Gasteiger partial charge on any atom is -0.357 e. The van der Waals surface area contributed by atoms with Gasteiger partial charge in [-0.15, -0.1) is 0 Å². The Hall–Kier alpha value is -1.58. The summed E-state index contributed by atoms with van der Waals surface area (Å²) < 4.78 is 0. The first-order chi connectivity index (χ1) is 9.74. The van der Waals surface area contributed by atoms with Crippen LogP contribution in [0.4, 0.5) is 5.82 Å². The molecule has 0 aromatic carbocycles. The standard InChI is InChI=1S/C16H25N3O/c1-3-19(4-2)15-10-9-13(11-17-15)12-18-16(20)14-7-5-6-8-14/h9-11,14H,3-8,12H2,1-2H3,(H,18,20). The van der Waals surface area contributed by atoms with E-state index in [0.717, 1.165) is 37.3 Å². The van der Waals surface area contributed by atoms with E-state index < -0.39 is 0 Å². The highest BCUT2D eigenvalue weighted by molar-refractivity contribution is 5.78. The van der Waals surface area contributed by atoms with Crippen LogP contribution in [0, 0.1) is 5.92 Å². The number of nitrogens with one attached hydrogen (secondary N) is 1. The number of aromatic nitrogens is 1. The molecule has 1 amide bonds. The first kappa shape index (κ1) is 14.8. The summed E-state index contributed by atoms with van der Waals surface area (Å²) in [5.41, 5.74) is 1.06. The van der Waals surface area contributed by atoms with Gasteiger partial charge in [0.15, 0.2) is 0 Å². The Morgan fingerprint density at radius 3 is 2.55 bits per heavy atom. The summed E-state index contributed by atoms with van der Waals surface area (Å²) in [6.07, 6.45) is 6.34. The van der Waals surface area contributed by atoms with Gasteiger partial charge in [0, 0.05) is 31.7 Å². The molecule has 1 aliphatic rings. The van der Waals surface area contributed by atoms with Gasteiger partial charge in [-0.05, 0) is 38.3 Å². The Morgan fingerprint density at radius 2 is 2.00 bits per heavy atom. The molecule has 0 aliphatic heterocycles. The van der Waals surface area contributed by atoms with E-state index in [9.17, 15) is 4.79 Å². The van der Waals surface area contributed by atoms with Crippen molar-refractivity contribution in [1.82, 2.24) is 10.3 Å². The van der Waals surface area contributed by atoms with E-state index >= 15 is 0 Å². The van der Waals surface area contributed by atoms with Gasteiger partial charge in [0.05, 0.1) is 0 Å². The molecule has 2 rings (SSSR count). The molecule has 1 aromatic rings. The van der Waals surface area contributed by atoms with Crippen LogP contribution in [-0.4, -0.2) is 24.0 Å². The van der Waals surface area contributed by atoms with Crippen LogP contribution in [0.2, 0.25) is 0 Å². The van der Waals surface area contributed by atoms with Crippen molar-refractivity contribution in [1.29, 1.82) is 0 Å². The minimum atomic E-state index is 0.204. The normalized spacial score (nSPS) is 15.3. The molecule has 0 atom stereocenters. The molecule has 4 nitrogen and oxygen atoms in total. The first-order valence-electron chi connectivity index (χ1n) is 7.72. The van der Waals surface area contributed by atoms with Crippen molar-refractivity contribution in [3.63, 3.8) is 0 Å². The Kier molecular flexibility index (Phi) is 5.39. The molecule has 0 bridgehead atoms. The average molecular weight is 275 g/mol. The van der Waals surface area contributed by atoms with Gasteiger partial charge in [0.1, 0.15) is 5.82 Å². The summed E-state index contributed by atoms with van der Waals surface area (Å²) in [5.74, 6) is 1.44. The molecule has 20 heavy (non-hydrogen) atoms.